The standard InChI is InChI=1S/C10H18F3N3O2/c11-10(12,13)8(9(14)15-18)6-16(4-5-17)7-2-1-3-7/h7-8,17-18H,1-6H2,(H2,14,15). The lowest BCUT2D eigenvalue weighted by atomic mass is 9.90. The zero-order valence-electron chi connectivity index (χ0n) is 9.90. The van der Waals surface area contributed by atoms with Gasteiger partial charge in [-0.2, -0.15) is 13.2 Å². The molecule has 0 bridgehead atoms. The van der Waals surface area contributed by atoms with Crippen LogP contribution in [0.1, 0.15) is 19.3 Å². The van der Waals surface area contributed by atoms with Crippen molar-refractivity contribution in [2.75, 3.05) is 19.7 Å². The van der Waals surface area contributed by atoms with Crippen LogP contribution in [0.15, 0.2) is 5.16 Å². The Hall–Kier alpha value is -1.02. The summed E-state index contributed by atoms with van der Waals surface area (Å²) in [5, 5.41) is 19.8. The van der Waals surface area contributed by atoms with Crippen molar-refractivity contribution < 1.29 is 23.5 Å². The molecule has 0 aliphatic heterocycles. The largest absolute Gasteiger partial charge is 0.409 e. The van der Waals surface area contributed by atoms with Gasteiger partial charge in [0.2, 0.25) is 0 Å². The molecule has 0 aromatic heterocycles. The van der Waals surface area contributed by atoms with Gasteiger partial charge in [-0.05, 0) is 12.8 Å². The molecule has 0 aromatic carbocycles. The molecule has 0 aromatic rings. The molecule has 106 valence electrons. The molecule has 1 saturated carbocycles. The summed E-state index contributed by atoms with van der Waals surface area (Å²) in [4.78, 5) is 1.56. The van der Waals surface area contributed by atoms with E-state index in [9.17, 15) is 13.2 Å². The zero-order valence-corrected chi connectivity index (χ0v) is 9.90. The van der Waals surface area contributed by atoms with Crippen LogP contribution >= 0.6 is 0 Å². The maximum atomic E-state index is 12.8. The number of oxime groups is 1. The average Bonchev–Trinajstić information content (AvgIpc) is 2.20. The monoisotopic (exact) mass is 269 g/mol. The van der Waals surface area contributed by atoms with Crippen LogP contribution in [-0.4, -0.2) is 53.0 Å². The van der Waals surface area contributed by atoms with E-state index in [1.165, 1.54) is 0 Å². The fraction of sp³-hybridized carbons (Fsp3) is 0.900. The van der Waals surface area contributed by atoms with Crippen molar-refractivity contribution in [2.24, 2.45) is 16.8 Å². The number of hydrogen-bond acceptors (Lipinski definition) is 4. The van der Waals surface area contributed by atoms with Crippen molar-refractivity contribution >= 4 is 5.84 Å². The molecule has 1 aliphatic rings. The summed E-state index contributed by atoms with van der Waals surface area (Å²) in [5.74, 6) is -2.85. The van der Waals surface area contributed by atoms with E-state index in [0.29, 0.717) is 0 Å². The second kappa shape index (κ2) is 6.24. The maximum Gasteiger partial charge on any atom is 0.400 e. The number of nitrogens with two attached hydrogens (primary N) is 1. The summed E-state index contributed by atoms with van der Waals surface area (Å²) in [5.41, 5.74) is 5.10. The normalized spacial score (nSPS) is 19.9. The molecule has 1 atom stereocenters. The fourth-order valence-corrected chi connectivity index (χ4v) is 1.97. The number of nitrogens with zero attached hydrogens (tertiary/aromatic N) is 2. The molecule has 5 nitrogen and oxygen atoms in total. The topological polar surface area (TPSA) is 82.1 Å². The van der Waals surface area contributed by atoms with Crippen molar-refractivity contribution in [1.82, 2.24) is 4.90 Å². The van der Waals surface area contributed by atoms with Gasteiger partial charge < -0.3 is 16.0 Å². The molecule has 0 amide bonds. The highest BCUT2D eigenvalue weighted by atomic mass is 19.4. The van der Waals surface area contributed by atoms with E-state index in [2.05, 4.69) is 5.16 Å². The van der Waals surface area contributed by atoms with E-state index >= 15 is 0 Å². The number of aliphatic hydroxyl groups is 1. The second-order valence-electron chi connectivity index (χ2n) is 4.42. The van der Waals surface area contributed by atoms with Crippen LogP contribution in [0.4, 0.5) is 13.2 Å². The minimum absolute atomic E-state index is 0.0495. The van der Waals surface area contributed by atoms with Crippen molar-refractivity contribution in [1.29, 1.82) is 0 Å². The first-order valence-electron chi connectivity index (χ1n) is 5.79. The predicted octanol–water partition coefficient (Wildman–Crippen LogP) is 0.758. The third-order valence-corrected chi connectivity index (χ3v) is 3.26. The third kappa shape index (κ3) is 3.74. The lowest BCUT2D eigenvalue weighted by molar-refractivity contribution is -0.162. The molecular formula is C10H18F3N3O2. The number of alkyl halides is 3. The maximum absolute atomic E-state index is 12.8. The molecule has 1 rings (SSSR count). The fourth-order valence-electron chi connectivity index (χ4n) is 1.97. The van der Waals surface area contributed by atoms with Gasteiger partial charge in [0.05, 0.1) is 6.61 Å². The Morgan fingerprint density at radius 1 is 1.44 bits per heavy atom. The van der Waals surface area contributed by atoms with Gasteiger partial charge in [-0.15, -0.1) is 0 Å². The minimum atomic E-state index is -4.56. The first-order chi connectivity index (χ1) is 8.40. The number of hydrogen-bond donors (Lipinski definition) is 3. The van der Waals surface area contributed by atoms with Crippen LogP contribution in [0, 0.1) is 5.92 Å². The van der Waals surface area contributed by atoms with E-state index in [4.69, 9.17) is 16.0 Å². The van der Waals surface area contributed by atoms with E-state index in [-0.39, 0.29) is 25.7 Å². The highest BCUT2D eigenvalue weighted by Crippen LogP contribution is 2.31. The Morgan fingerprint density at radius 3 is 2.39 bits per heavy atom. The van der Waals surface area contributed by atoms with Gasteiger partial charge >= 0.3 is 6.18 Å². The summed E-state index contributed by atoms with van der Waals surface area (Å²) in [7, 11) is 0. The second-order valence-corrected chi connectivity index (χ2v) is 4.42. The molecule has 0 radical (unpaired) electrons. The number of halogens is 3. The molecule has 0 saturated heterocycles. The summed E-state index contributed by atoms with van der Waals surface area (Å²) >= 11 is 0. The average molecular weight is 269 g/mol. The lowest BCUT2D eigenvalue weighted by Crippen LogP contribution is -2.50. The van der Waals surface area contributed by atoms with Crippen molar-refractivity contribution in [3.63, 3.8) is 0 Å². The zero-order chi connectivity index (χ0) is 13.8. The Morgan fingerprint density at radius 2 is 2.06 bits per heavy atom. The number of amidine groups is 1. The Labute approximate surface area is 103 Å². The molecule has 18 heavy (non-hydrogen) atoms. The molecule has 1 fully saturated rings. The highest BCUT2D eigenvalue weighted by molar-refractivity contribution is 5.83. The molecule has 0 spiro atoms. The van der Waals surface area contributed by atoms with Crippen molar-refractivity contribution in [2.45, 2.75) is 31.5 Å². The number of rotatable bonds is 6. The Balaban J connectivity index is 2.73. The van der Waals surface area contributed by atoms with Gasteiger partial charge in [0.25, 0.3) is 0 Å². The molecule has 1 unspecified atom stereocenters. The van der Waals surface area contributed by atoms with Crippen LogP contribution in [0.2, 0.25) is 0 Å². The SMILES string of the molecule is NC(=NO)C(CN(CCO)C1CCC1)C(F)(F)F. The molecule has 0 heterocycles. The lowest BCUT2D eigenvalue weighted by Gasteiger charge is -2.39. The van der Waals surface area contributed by atoms with Gasteiger partial charge in [0.1, 0.15) is 5.92 Å². The minimum Gasteiger partial charge on any atom is -0.409 e. The van der Waals surface area contributed by atoms with Gasteiger partial charge in [-0.1, -0.05) is 11.6 Å². The number of aliphatic hydroxyl groups excluding tert-OH is 1. The first kappa shape index (κ1) is 15.0. The van der Waals surface area contributed by atoms with E-state index in [0.717, 1.165) is 19.3 Å². The van der Waals surface area contributed by atoms with Gasteiger partial charge in [-0.25, -0.2) is 0 Å². The Bertz CT molecular complexity index is 293. The van der Waals surface area contributed by atoms with Crippen LogP contribution in [-0.2, 0) is 0 Å². The quantitative estimate of drug-likeness (QED) is 0.288. The first-order valence-corrected chi connectivity index (χ1v) is 5.79. The predicted molar refractivity (Wildman–Crippen MR) is 59.3 cm³/mol. The van der Waals surface area contributed by atoms with E-state index < -0.39 is 17.9 Å². The summed E-state index contributed by atoms with van der Waals surface area (Å²) in [6.07, 6.45) is -1.94. The van der Waals surface area contributed by atoms with Crippen LogP contribution in [0.3, 0.4) is 0 Å². The van der Waals surface area contributed by atoms with Gasteiger partial charge in [0, 0.05) is 19.1 Å². The summed E-state index contributed by atoms with van der Waals surface area (Å²) in [6.45, 7) is -0.433. The molecule has 8 heteroatoms. The summed E-state index contributed by atoms with van der Waals surface area (Å²) < 4.78 is 38.3. The molecule has 4 N–H and O–H groups in total. The van der Waals surface area contributed by atoms with Crippen LogP contribution < -0.4 is 5.73 Å². The van der Waals surface area contributed by atoms with E-state index in [1.54, 1.807) is 4.90 Å². The third-order valence-electron chi connectivity index (χ3n) is 3.26. The molecular weight excluding hydrogens is 251 g/mol. The highest BCUT2D eigenvalue weighted by Gasteiger charge is 2.44. The van der Waals surface area contributed by atoms with Crippen molar-refractivity contribution in [3.05, 3.63) is 0 Å². The van der Waals surface area contributed by atoms with E-state index in [1.807, 2.05) is 0 Å². The van der Waals surface area contributed by atoms with Gasteiger partial charge in [-0.3, -0.25) is 4.90 Å². The smallest absolute Gasteiger partial charge is 0.400 e. The van der Waals surface area contributed by atoms with Crippen LogP contribution in [0.25, 0.3) is 0 Å². The van der Waals surface area contributed by atoms with Gasteiger partial charge in [0.15, 0.2) is 5.84 Å². The van der Waals surface area contributed by atoms with Crippen LogP contribution in [0.5, 0.6) is 0 Å². The Kier molecular flexibility index (Phi) is 5.21. The van der Waals surface area contributed by atoms with Crippen molar-refractivity contribution in [3.8, 4) is 0 Å². The molecule has 1 aliphatic carbocycles. The summed E-state index contributed by atoms with van der Waals surface area (Å²) in [6, 6.07) is 0.0495.